The molecule has 0 atom stereocenters. The summed E-state index contributed by atoms with van der Waals surface area (Å²) in [5.74, 6) is -0.895. The number of aryl methyl sites for hydroxylation is 1. The molecule has 5 nitrogen and oxygen atoms in total. The Labute approximate surface area is 227 Å². The smallest absolute Gasteiger partial charge is 0.285 e. The van der Waals surface area contributed by atoms with Gasteiger partial charge < -0.3 is 4.57 Å². The number of hydrogen-bond acceptors (Lipinski definition) is 4. The number of aromatic nitrogens is 1. The van der Waals surface area contributed by atoms with Crippen molar-refractivity contribution in [2.45, 2.75) is 13.5 Å². The third-order valence-corrected chi connectivity index (χ3v) is 7.62. The van der Waals surface area contributed by atoms with Crippen LogP contribution in [0.4, 0.5) is 0 Å². The van der Waals surface area contributed by atoms with Crippen LogP contribution in [0.1, 0.15) is 27.0 Å². The molecule has 180 valence electrons. The molecular formula is C27H19Cl2N3O2S2. The number of para-hydroxylation sites is 1. The van der Waals surface area contributed by atoms with Crippen LogP contribution in [0, 0.1) is 6.92 Å². The van der Waals surface area contributed by atoms with E-state index >= 15 is 0 Å². The van der Waals surface area contributed by atoms with E-state index in [0.29, 0.717) is 21.5 Å². The van der Waals surface area contributed by atoms with Crippen LogP contribution in [0.3, 0.4) is 0 Å². The Bertz CT molecular complexity index is 1560. The Balaban J connectivity index is 1.42. The SMILES string of the molecule is Cc1ccc(C(=O)NN2C(=O)/C(=C/c3cn(Cc4ccc(Cl)cc4)c4ccccc34)SC2=S)c(Cl)c1. The van der Waals surface area contributed by atoms with E-state index in [0.717, 1.165) is 44.4 Å². The van der Waals surface area contributed by atoms with Gasteiger partial charge in [0.15, 0.2) is 4.32 Å². The zero-order valence-corrected chi connectivity index (χ0v) is 22.1. The van der Waals surface area contributed by atoms with Gasteiger partial charge in [0.1, 0.15) is 0 Å². The standard InChI is InChI=1S/C27H19Cl2N3O2S2/c1-16-6-11-21(22(29)12-16)25(33)30-32-26(34)24(36-27(32)35)13-18-15-31(23-5-3-2-4-20(18)23)14-17-7-9-19(28)10-8-17/h2-13,15H,14H2,1H3,(H,30,33)/b24-13-. The number of carbonyl (C=O) groups is 2. The molecule has 2 amide bonds. The summed E-state index contributed by atoms with van der Waals surface area (Å²) in [7, 11) is 0. The lowest BCUT2D eigenvalue weighted by Gasteiger charge is -2.16. The number of benzene rings is 3. The molecule has 0 aliphatic carbocycles. The normalized spacial score (nSPS) is 14.8. The van der Waals surface area contributed by atoms with E-state index in [1.165, 1.54) is 0 Å². The third kappa shape index (κ3) is 4.92. The van der Waals surface area contributed by atoms with Crippen molar-refractivity contribution in [3.8, 4) is 0 Å². The second kappa shape index (κ2) is 10.1. The summed E-state index contributed by atoms with van der Waals surface area (Å²) in [6, 6.07) is 20.8. The molecule has 1 fully saturated rings. The quantitative estimate of drug-likeness (QED) is 0.217. The summed E-state index contributed by atoms with van der Waals surface area (Å²) in [6.07, 6.45) is 3.82. The van der Waals surface area contributed by atoms with Crippen molar-refractivity contribution in [3.63, 3.8) is 0 Å². The molecule has 0 unspecified atom stereocenters. The van der Waals surface area contributed by atoms with Crippen LogP contribution in [0.25, 0.3) is 17.0 Å². The molecule has 0 spiro atoms. The highest BCUT2D eigenvalue weighted by Crippen LogP contribution is 2.34. The van der Waals surface area contributed by atoms with Gasteiger partial charge in [-0.2, -0.15) is 5.01 Å². The number of thioether (sulfide) groups is 1. The molecule has 3 aromatic carbocycles. The lowest BCUT2D eigenvalue weighted by Crippen LogP contribution is -2.44. The number of thiocarbonyl (C=S) groups is 1. The minimum absolute atomic E-state index is 0.243. The van der Waals surface area contributed by atoms with E-state index in [1.807, 2.05) is 67.7 Å². The van der Waals surface area contributed by atoms with Crippen LogP contribution in [0.5, 0.6) is 0 Å². The van der Waals surface area contributed by atoms with Gasteiger partial charge >= 0.3 is 0 Å². The van der Waals surface area contributed by atoms with E-state index in [4.69, 9.17) is 35.4 Å². The first kappa shape index (κ1) is 24.6. The molecular weight excluding hydrogens is 533 g/mol. The third-order valence-electron chi connectivity index (χ3n) is 5.75. The summed E-state index contributed by atoms with van der Waals surface area (Å²) in [6.45, 7) is 2.53. The maximum atomic E-state index is 13.2. The van der Waals surface area contributed by atoms with Gasteiger partial charge in [0.25, 0.3) is 11.8 Å². The summed E-state index contributed by atoms with van der Waals surface area (Å²) >= 11 is 18.8. The van der Waals surface area contributed by atoms with Gasteiger partial charge in [0.2, 0.25) is 0 Å². The van der Waals surface area contributed by atoms with Crippen LogP contribution < -0.4 is 5.43 Å². The first-order chi connectivity index (χ1) is 17.3. The Hall–Kier alpha value is -3.10. The van der Waals surface area contributed by atoms with E-state index in [2.05, 4.69) is 9.99 Å². The minimum atomic E-state index is -0.503. The fraction of sp³-hybridized carbons (Fsp3) is 0.0741. The number of carbonyl (C=O) groups excluding carboxylic acids is 2. The predicted molar refractivity (Wildman–Crippen MR) is 151 cm³/mol. The molecule has 1 aliphatic rings. The maximum absolute atomic E-state index is 13.2. The molecule has 0 bridgehead atoms. The molecule has 5 rings (SSSR count). The predicted octanol–water partition coefficient (Wildman–Crippen LogP) is 6.85. The van der Waals surface area contributed by atoms with Gasteiger partial charge in [-0.1, -0.05) is 71.4 Å². The average Bonchev–Trinajstić information content (AvgIpc) is 3.32. The number of rotatable bonds is 5. The lowest BCUT2D eigenvalue weighted by molar-refractivity contribution is -0.123. The monoisotopic (exact) mass is 551 g/mol. The first-order valence-electron chi connectivity index (χ1n) is 11.0. The second-order valence-corrected chi connectivity index (χ2v) is 10.8. The minimum Gasteiger partial charge on any atom is -0.342 e. The molecule has 0 saturated carbocycles. The number of fused-ring (bicyclic) bond motifs is 1. The Morgan fingerprint density at radius 2 is 1.83 bits per heavy atom. The van der Waals surface area contributed by atoms with Crippen molar-refractivity contribution in [2.24, 2.45) is 0 Å². The van der Waals surface area contributed by atoms with E-state index in [-0.39, 0.29) is 9.88 Å². The van der Waals surface area contributed by atoms with Crippen molar-refractivity contribution < 1.29 is 9.59 Å². The number of nitrogens with one attached hydrogen (secondary N) is 1. The highest BCUT2D eigenvalue weighted by atomic mass is 35.5. The fourth-order valence-electron chi connectivity index (χ4n) is 3.98. The van der Waals surface area contributed by atoms with Crippen molar-refractivity contribution in [1.29, 1.82) is 0 Å². The zero-order chi connectivity index (χ0) is 25.4. The number of hydrazine groups is 1. The van der Waals surface area contributed by atoms with E-state index in [9.17, 15) is 9.59 Å². The van der Waals surface area contributed by atoms with E-state index < -0.39 is 11.8 Å². The molecule has 2 heterocycles. The van der Waals surface area contributed by atoms with Crippen molar-refractivity contribution >= 4 is 80.3 Å². The fourth-order valence-corrected chi connectivity index (χ4v) is 5.60. The van der Waals surface area contributed by atoms with Gasteiger partial charge in [-0.05, 0) is 66.7 Å². The van der Waals surface area contributed by atoms with Gasteiger partial charge in [0, 0.05) is 34.2 Å². The van der Waals surface area contributed by atoms with Crippen molar-refractivity contribution in [3.05, 3.63) is 110 Å². The van der Waals surface area contributed by atoms with Crippen molar-refractivity contribution in [1.82, 2.24) is 15.0 Å². The van der Waals surface area contributed by atoms with Gasteiger partial charge in [-0.3, -0.25) is 15.0 Å². The summed E-state index contributed by atoms with van der Waals surface area (Å²) in [5, 5.41) is 3.10. The molecule has 1 aliphatic heterocycles. The molecule has 4 aromatic rings. The summed E-state index contributed by atoms with van der Waals surface area (Å²) < 4.78 is 2.37. The van der Waals surface area contributed by atoms with Crippen LogP contribution >= 0.6 is 47.2 Å². The number of nitrogens with zero attached hydrogens (tertiary/aromatic N) is 2. The summed E-state index contributed by atoms with van der Waals surface area (Å²) in [5.41, 5.74) is 6.82. The Kier molecular flexibility index (Phi) is 6.90. The first-order valence-corrected chi connectivity index (χ1v) is 13.0. The second-order valence-electron chi connectivity index (χ2n) is 8.30. The molecule has 36 heavy (non-hydrogen) atoms. The lowest BCUT2D eigenvalue weighted by atomic mass is 10.1. The van der Waals surface area contributed by atoms with E-state index in [1.54, 1.807) is 18.2 Å². The molecule has 1 N–H and O–H groups in total. The average molecular weight is 553 g/mol. The maximum Gasteiger partial charge on any atom is 0.285 e. The number of halogens is 2. The van der Waals surface area contributed by atoms with Crippen LogP contribution in [0.2, 0.25) is 10.0 Å². The van der Waals surface area contributed by atoms with Gasteiger partial charge in [0.05, 0.1) is 15.5 Å². The topological polar surface area (TPSA) is 54.3 Å². The Morgan fingerprint density at radius 1 is 1.08 bits per heavy atom. The summed E-state index contributed by atoms with van der Waals surface area (Å²) in [4.78, 5) is 26.4. The molecule has 1 saturated heterocycles. The van der Waals surface area contributed by atoms with Crippen LogP contribution in [-0.4, -0.2) is 25.7 Å². The highest BCUT2D eigenvalue weighted by molar-refractivity contribution is 8.26. The van der Waals surface area contributed by atoms with Crippen LogP contribution in [0.15, 0.2) is 77.8 Å². The molecule has 0 radical (unpaired) electrons. The van der Waals surface area contributed by atoms with Crippen LogP contribution in [-0.2, 0) is 11.3 Å². The zero-order valence-electron chi connectivity index (χ0n) is 19.0. The van der Waals surface area contributed by atoms with Gasteiger partial charge in [-0.15, -0.1) is 0 Å². The Morgan fingerprint density at radius 3 is 2.58 bits per heavy atom. The molecule has 1 aromatic heterocycles. The highest BCUT2D eigenvalue weighted by Gasteiger charge is 2.34. The number of hydrogen-bond donors (Lipinski definition) is 1. The number of amides is 2. The molecule has 9 heteroatoms. The van der Waals surface area contributed by atoms with Crippen molar-refractivity contribution in [2.75, 3.05) is 0 Å². The largest absolute Gasteiger partial charge is 0.342 e. The van der Waals surface area contributed by atoms with Gasteiger partial charge in [-0.25, -0.2) is 0 Å².